The fraction of sp³-hybridized carbons (Fsp3) is 0.588. The quantitative estimate of drug-likeness (QED) is 0.625. The van der Waals surface area contributed by atoms with Crippen LogP contribution in [0.5, 0.6) is 0 Å². The van der Waals surface area contributed by atoms with E-state index in [1.807, 2.05) is 26.8 Å². The molecule has 1 fully saturated rings. The maximum Gasteiger partial charge on any atom is 0.191 e. The molecule has 1 aromatic rings. The van der Waals surface area contributed by atoms with E-state index in [0.29, 0.717) is 25.5 Å². The largest absolute Gasteiger partial charge is 0.357 e. The van der Waals surface area contributed by atoms with Gasteiger partial charge < -0.3 is 10.6 Å². The highest BCUT2D eigenvalue weighted by Gasteiger charge is 2.28. The standard InChI is InChI=1S/C17H26FN3O2S/c1-4-19-16(21-15-8-9-24(22,23)11-15)20-12-17(2,3)13-6-5-7-14(18)10-13/h5-7,10,15H,4,8-9,11-12H2,1-3H3,(H2,19,20,21). The van der Waals surface area contributed by atoms with Gasteiger partial charge >= 0.3 is 0 Å². The van der Waals surface area contributed by atoms with Gasteiger partial charge in [-0.1, -0.05) is 26.0 Å². The van der Waals surface area contributed by atoms with Crippen molar-refractivity contribution in [1.29, 1.82) is 0 Å². The minimum atomic E-state index is -2.93. The number of aliphatic imine (C=N–C) groups is 1. The zero-order chi connectivity index (χ0) is 17.8. The fourth-order valence-electron chi connectivity index (χ4n) is 2.70. The van der Waals surface area contributed by atoms with Crippen LogP contribution in [0.4, 0.5) is 4.39 Å². The van der Waals surface area contributed by atoms with Gasteiger partial charge in [0.1, 0.15) is 5.82 Å². The monoisotopic (exact) mass is 355 g/mol. The first-order valence-electron chi connectivity index (χ1n) is 8.23. The van der Waals surface area contributed by atoms with Crippen LogP contribution in [0.3, 0.4) is 0 Å². The number of nitrogens with one attached hydrogen (secondary N) is 2. The molecule has 0 aromatic heterocycles. The van der Waals surface area contributed by atoms with Crippen molar-refractivity contribution in [3.05, 3.63) is 35.6 Å². The Morgan fingerprint density at radius 3 is 2.75 bits per heavy atom. The van der Waals surface area contributed by atoms with Gasteiger partial charge in [-0.3, -0.25) is 4.99 Å². The lowest BCUT2D eigenvalue weighted by molar-refractivity contribution is 0.527. The van der Waals surface area contributed by atoms with Gasteiger partial charge in [-0.05, 0) is 31.0 Å². The SMILES string of the molecule is CCNC(=NCC(C)(C)c1cccc(F)c1)NC1CCS(=O)(=O)C1. The first-order chi connectivity index (χ1) is 11.2. The lowest BCUT2D eigenvalue weighted by atomic mass is 9.85. The van der Waals surface area contributed by atoms with E-state index < -0.39 is 9.84 Å². The van der Waals surface area contributed by atoms with E-state index in [-0.39, 0.29) is 28.8 Å². The summed E-state index contributed by atoms with van der Waals surface area (Å²) in [5, 5.41) is 6.34. The zero-order valence-corrected chi connectivity index (χ0v) is 15.3. The van der Waals surface area contributed by atoms with Crippen molar-refractivity contribution in [2.75, 3.05) is 24.6 Å². The smallest absolute Gasteiger partial charge is 0.191 e. The molecular formula is C17H26FN3O2S. The average molecular weight is 355 g/mol. The van der Waals surface area contributed by atoms with Crippen LogP contribution in [0.15, 0.2) is 29.3 Å². The molecule has 1 unspecified atom stereocenters. The molecule has 134 valence electrons. The van der Waals surface area contributed by atoms with Crippen molar-refractivity contribution in [3.8, 4) is 0 Å². The predicted octanol–water partition coefficient (Wildman–Crippen LogP) is 1.85. The Hall–Kier alpha value is -1.63. The Labute approximate surface area is 143 Å². The number of halogens is 1. The molecule has 1 saturated heterocycles. The summed E-state index contributed by atoms with van der Waals surface area (Å²) in [5.41, 5.74) is 0.553. The fourth-order valence-corrected chi connectivity index (χ4v) is 4.37. The van der Waals surface area contributed by atoms with Crippen LogP contribution in [0.1, 0.15) is 32.8 Å². The minimum absolute atomic E-state index is 0.106. The maximum absolute atomic E-state index is 13.4. The molecule has 0 aliphatic carbocycles. The third kappa shape index (κ3) is 5.19. The summed E-state index contributed by atoms with van der Waals surface area (Å²) in [7, 11) is -2.93. The van der Waals surface area contributed by atoms with Gasteiger partial charge in [0.15, 0.2) is 15.8 Å². The summed E-state index contributed by atoms with van der Waals surface area (Å²) in [5.74, 6) is 0.707. The number of hydrogen-bond acceptors (Lipinski definition) is 3. The lowest BCUT2D eigenvalue weighted by Crippen LogP contribution is -2.44. The van der Waals surface area contributed by atoms with Crippen molar-refractivity contribution < 1.29 is 12.8 Å². The van der Waals surface area contributed by atoms with Gasteiger partial charge in [0.2, 0.25) is 0 Å². The van der Waals surface area contributed by atoms with E-state index in [9.17, 15) is 12.8 Å². The zero-order valence-electron chi connectivity index (χ0n) is 14.5. The number of hydrogen-bond donors (Lipinski definition) is 2. The molecule has 5 nitrogen and oxygen atoms in total. The second kappa shape index (κ2) is 7.51. The van der Waals surface area contributed by atoms with E-state index in [4.69, 9.17) is 0 Å². The van der Waals surface area contributed by atoms with Gasteiger partial charge in [-0.25, -0.2) is 12.8 Å². The molecule has 2 rings (SSSR count). The summed E-state index contributed by atoms with van der Waals surface area (Å²) < 4.78 is 36.6. The maximum atomic E-state index is 13.4. The highest BCUT2D eigenvalue weighted by Crippen LogP contribution is 2.24. The van der Waals surface area contributed by atoms with Crippen LogP contribution in [-0.2, 0) is 15.3 Å². The lowest BCUT2D eigenvalue weighted by Gasteiger charge is -2.24. The van der Waals surface area contributed by atoms with Crippen LogP contribution in [0.2, 0.25) is 0 Å². The van der Waals surface area contributed by atoms with E-state index >= 15 is 0 Å². The molecular weight excluding hydrogens is 329 g/mol. The molecule has 1 atom stereocenters. The van der Waals surface area contributed by atoms with Gasteiger partial charge in [0, 0.05) is 18.0 Å². The van der Waals surface area contributed by atoms with E-state index in [1.54, 1.807) is 6.07 Å². The summed E-state index contributed by atoms with van der Waals surface area (Å²) in [6.07, 6.45) is 0.597. The van der Waals surface area contributed by atoms with E-state index in [1.165, 1.54) is 12.1 Å². The van der Waals surface area contributed by atoms with Gasteiger partial charge in [-0.15, -0.1) is 0 Å². The number of nitrogens with zero attached hydrogens (tertiary/aromatic N) is 1. The van der Waals surface area contributed by atoms with Crippen LogP contribution < -0.4 is 10.6 Å². The number of benzene rings is 1. The summed E-state index contributed by atoms with van der Waals surface area (Å²) in [6.45, 7) is 7.13. The molecule has 0 amide bonds. The molecule has 7 heteroatoms. The third-order valence-electron chi connectivity index (χ3n) is 4.16. The Morgan fingerprint density at radius 2 is 2.17 bits per heavy atom. The molecule has 1 heterocycles. The van der Waals surface area contributed by atoms with Crippen LogP contribution in [-0.4, -0.2) is 45.0 Å². The van der Waals surface area contributed by atoms with Crippen molar-refractivity contribution >= 4 is 15.8 Å². The minimum Gasteiger partial charge on any atom is -0.357 e. The number of rotatable bonds is 5. The van der Waals surface area contributed by atoms with Gasteiger partial charge in [0.25, 0.3) is 0 Å². The molecule has 1 aromatic carbocycles. The molecule has 24 heavy (non-hydrogen) atoms. The Balaban J connectivity index is 2.07. The summed E-state index contributed by atoms with van der Waals surface area (Å²) in [4.78, 5) is 4.58. The predicted molar refractivity (Wildman–Crippen MR) is 95.6 cm³/mol. The Kier molecular flexibility index (Phi) is 5.85. The van der Waals surface area contributed by atoms with E-state index in [0.717, 1.165) is 5.56 Å². The van der Waals surface area contributed by atoms with Crippen LogP contribution in [0.25, 0.3) is 0 Å². The van der Waals surface area contributed by atoms with Crippen molar-refractivity contribution in [2.24, 2.45) is 4.99 Å². The Morgan fingerprint density at radius 1 is 1.42 bits per heavy atom. The van der Waals surface area contributed by atoms with Crippen LogP contribution in [0, 0.1) is 5.82 Å². The molecule has 2 N–H and O–H groups in total. The van der Waals surface area contributed by atoms with Crippen molar-refractivity contribution in [1.82, 2.24) is 10.6 Å². The van der Waals surface area contributed by atoms with Crippen LogP contribution >= 0.6 is 0 Å². The third-order valence-corrected chi connectivity index (χ3v) is 5.92. The van der Waals surface area contributed by atoms with Crippen molar-refractivity contribution in [3.63, 3.8) is 0 Å². The first-order valence-corrected chi connectivity index (χ1v) is 10.1. The molecule has 1 aliphatic heterocycles. The number of guanidine groups is 1. The number of sulfone groups is 1. The topological polar surface area (TPSA) is 70.6 Å². The second-order valence-corrected chi connectivity index (χ2v) is 9.06. The molecule has 0 bridgehead atoms. The second-order valence-electron chi connectivity index (χ2n) is 6.83. The molecule has 1 aliphatic rings. The normalized spacial score (nSPS) is 20.8. The van der Waals surface area contributed by atoms with Gasteiger partial charge in [-0.2, -0.15) is 0 Å². The highest BCUT2D eigenvalue weighted by atomic mass is 32.2. The summed E-state index contributed by atoms with van der Waals surface area (Å²) in [6, 6.07) is 6.44. The molecule has 0 saturated carbocycles. The van der Waals surface area contributed by atoms with Gasteiger partial charge in [0.05, 0.1) is 18.1 Å². The van der Waals surface area contributed by atoms with Crippen molar-refractivity contribution in [2.45, 2.75) is 38.6 Å². The highest BCUT2D eigenvalue weighted by molar-refractivity contribution is 7.91. The molecule has 0 radical (unpaired) electrons. The average Bonchev–Trinajstić information content (AvgIpc) is 2.84. The Bertz CT molecular complexity index is 702. The van der Waals surface area contributed by atoms with E-state index in [2.05, 4.69) is 15.6 Å². The molecule has 0 spiro atoms. The summed E-state index contributed by atoms with van der Waals surface area (Å²) >= 11 is 0. The first kappa shape index (κ1) is 18.7.